The lowest BCUT2D eigenvalue weighted by molar-refractivity contribution is 0.206. The molecule has 0 spiro atoms. The normalized spacial score (nSPS) is 13.7. The van der Waals surface area contributed by atoms with E-state index in [1.54, 1.807) is 12.1 Å². The van der Waals surface area contributed by atoms with Crippen molar-refractivity contribution in [1.29, 1.82) is 0 Å². The highest BCUT2D eigenvalue weighted by atomic mass is 35.5. The molecule has 0 amide bonds. The Hall–Kier alpha value is -2.31. The SMILES string of the molecule is CC(C)C[C@](C)(N)COc1cnc(-c2ccnc3cc(F)cc(F)c23)cc1Cl. The minimum Gasteiger partial charge on any atom is -0.488 e. The van der Waals surface area contributed by atoms with Crippen molar-refractivity contribution >= 4 is 22.5 Å². The van der Waals surface area contributed by atoms with Crippen molar-refractivity contribution in [2.75, 3.05) is 6.61 Å². The first-order valence-electron chi connectivity index (χ1n) is 8.97. The van der Waals surface area contributed by atoms with Gasteiger partial charge in [-0.3, -0.25) is 9.97 Å². The highest BCUT2D eigenvalue weighted by molar-refractivity contribution is 6.32. The van der Waals surface area contributed by atoms with E-state index in [-0.39, 0.29) is 17.5 Å². The van der Waals surface area contributed by atoms with Crippen LogP contribution in [0, 0.1) is 17.6 Å². The number of rotatable bonds is 6. The van der Waals surface area contributed by atoms with Crippen LogP contribution >= 0.6 is 11.6 Å². The third-order valence-electron chi connectivity index (χ3n) is 4.29. The van der Waals surface area contributed by atoms with Crippen molar-refractivity contribution in [3.8, 4) is 17.0 Å². The second-order valence-electron chi connectivity index (χ2n) is 7.68. The molecular formula is C21H22ClF2N3O. The molecule has 0 saturated heterocycles. The molecule has 0 aliphatic carbocycles. The van der Waals surface area contributed by atoms with Crippen molar-refractivity contribution in [2.24, 2.45) is 11.7 Å². The van der Waals surface area contributed by atoms with Gasteiger partial charge in [0.2, 0.25) is 0 Å². The predicted octanol–water partition coefficient (Wildman–Crippen LogP) is 5.37. The van der Waals surface area contributed by atoms with Crippen molar-refractivity contribution < 1.29 is 13.5 Å². The van der Waals surface area contributed by atoms with Crippen LogP contribution in [0.3, 0.4) is 0 Å². The summed E-state index contributed by atoms with van der Waals surface area (Å²) in [5.74, 6) is -0.551. The molecule has 0 bridgehead atoms. The number of halogens is 3. The zero-order chi connectivity index (χ0) is 20.5. The van der Waals surface area contributed by atoms with Gasteiger partial charge in [0.05, 0.1) is 22.4 Å². The molecule has 0 aliphatic rings. The number of nitrogens with zero attached hydrogens (tertiary/aromatic N) is 2. The molecule has 0 radical (unpaired) electrons. The van der Waals surface area contributed by atoms with E-state index < -0.39 is 17.2 Å². The number of ether oxygens (including phenoxy) is 1. The highest BCUT2D eigenvalue weighted by Gasteiger charge is 2.22. The summed E-state index contributed by atoms with van der Waals surface area (Å²) in [6.07, 6.45) is 3.76. The fourth-order valence-electron chi connectivity index (χ4n) is 3.32. The minimum atomic E-state index is -0.705. The van der Waals surface area contributed by atoms with Gasteiger partial charge in [-0.15, -0.1) is 0 Å². The van der Waals surface area contributed by atoms with Gasteiger partial charge >= 0.3 is 0 Å². The molecule has 3 aromatic rings. The van der Waals surface area contributed by atoms with Crippen LogP contribution in [0.25, 0.3) is 22.2 Å². The predicted molar refractivity (Wildman–Crippen MR) is 107 cm³/mol. The number of pyridine rings is 2. The molecule has 3 rings (SSSR count). The largest absolute Gasteiger partial charge is 0.488 e. The molecule has 7 heteroatoms. The van der Waals surface area contributed by atoms with Gasteiger partial charge in [-0.25, -0.2) is 8.78 Å². The Morgan fingerprint density at radius 1 is 1.21 bits per heavy atom. The van der Waals surface area contributed by atoms with Gasteiger partial charge in [0, 0.05) is 34.8 Å². The maximum atomic E-state index is 14.3. The lowest BCUT2D eigenvalue weighted by Crippen LogP contribution is -2.43. The lowest BCUT2D eigenvalue weighted by atomic mass is 9.93. The summed E-state index contributed by atoms with van der Waals surface area (Å²) in [5, 5.41) is 0.519. The molecule has 0 fully saturated rings. The molecule has 1 aromatic carbocycles. The Bertz CT molecular complexity index is 1010. The van der Waals surface area contributed by atoms with Crippen LogP contribution in [-0.2, 0) is 0 Å². The van der Waals surface area contributed by atoms with E-state index in [0.717, 1.165) is 12.5 Å². The summed E-state index contributed by atoms with van der Waals surface area (Å²) in [6, 6.07) is 5.20. The average molecular weight is 406 g/mol. The van der Waals surface area contributed by atoms with Crippen LogP contribution < -0.4 is 10.5 Å². The Morgan fingerprint density at radius 3 is 2.64 bits per heavy atom. The third-order valence-corrected chi connectivity index (χ3v) is 4.58. The van der Waals surface area contributed by atoms with Crippen LogP contribution in [0.1, 0.15) is 27.2 Å². The third kappa shape index (κ3) is 4.56. The van der Waals surface area contributed by atoms with Gasteiger partial charge < -0.3 is 10.5 Å². The second kappa shape index (κ2) is 7.97. The van der Waals surface area contributed by atoms with E-state index in [9.17, 15) is 8.78 Å². The van der Waals surface area contributed by atoms with Gasteiger partial charge in [0.25, 0.3) is 0 Å². The maximum Gasteiger partial charge on any atom is 0.156 e. The number of nitrogens with two attached hydrogens (primary N) is 1. The summed E-state index contributed by atoms with van der Waals surface area (Å²) in [5.41, 5.74) is 6.88. The molecule has 1 atom stereocenters. The van der Waals surface area contributed by atoms with Crippen LogP contribution in [0.5, 0.6) is 5.75 Å². The van der Waals surface area contributed by atoms with E-state index >= 15 is 0 Å². The van der Waals surface area contributed by atoms with Gasteiger partial charge in [0.1, 0.15) is 18.2 Å². The average Bonchev–Trinajstić information content (AvgIpc) is 2.58. The number of fused-ring (bicyclic) bond motifs is 1. The Balaban J connectivity index is 1.90. The first kappa shape index (κ1) is 20.4. The summed E-state index contributed by atoms with van der Waals surface area (Å²) in [7, 11) is 0. The van der Waals surface area contributed by atoms with E-state index in [4.69, 9.17) is 22.1 Å². The summed E-state index contributed by atoms with van der Waals surface area (Å²) in [4.78, 5) is 8.38. The Kier molecular flexibility index (Phi) is 5.82. The van der Waals surface area contributed by atoms with Crippen LogP contribution in [0.4, 0.5) is 8.78 Å². The van der Waals surface area contributed by atoms with Crippen molar-refractivity contribution in [3.63, 3.8) is 0 Å². The number of aromatic nitrogens is 2. The molecule has 148 valence electrons. The lowest BCUT2D eigenvalue weighted by Gasteiger charge is -2.26. The molecule has 0 aliphatic heterocycles. The zero-order valence-electron chi connectivity index (χ0n) is 16.0. The molecule has 28 heavy (non-hydrogen) atoms. The number of hydrogen-bond donors (Lipinski definition) is 1. The number of hydrogen-bond acceptors (Lipinski definition) is 4. The Labute approximate surface area is 167 Å². The molecule has 2 aromatic heterocycles. The molecular weight excluding hydrogens is 384 g/mol. The molecule has 0 saturated carbocycles. The van der Waals surface area contributed by atoms with Gasteiger partial charge in [0.15, 0.2) is 5.75 Å². The van der Waals surface area contributed by atoms with E-state index in [1.165, 1.54) is 18.5 Å². The molecule has 2 heterocycles. The topological polar surface area (TPSA) is 61.0 Å². The number of benzene rings is 1. The van der Waals surface area contributed by atoms with Crippen molar-refractivity contribution in [1.82, 2.24) is 9.97 Å². The van der Waals surface area contributed by atoms with Gasteiger partial charge in [-0.2, -0.15) is 0 Å². The van der Waals surface area contributed by atoms with E-state index in [0.29, 0.717) is 27.9 Å². The van der Waals surface area contributed by atoms with Crippen molar-refractivity contribution in [2.45, 2.75) is 32.7 Å². The first-order valence-corrected chi connectivity index (χ1v) is 9.35. The zero-order valence-corrected chi connectivity index (χ0v) is 16.7. The molecule has 2 N–H and O–H groups in total. The minimum absolute atomic E-state index is 0.188. The summed E-state index contributed by atoms with van der Waals surface area (Å²) >= 11 is 6.35. The quantitative estimate of drug-likeness (QED) is 0.598. The first-order chi connectivity index (χ1) is 13.2. The maximum absolute atomic E-state index is 14.3. The van der Waals surface area contributed by atoms with Crippen molar-refractivity contribution in [3.05, 3.63) is 53.3 Å². The van der Waals surface area contributed by atoms with Gasteiger partial charge in [-0.1, -0.05) is 25.4 Å². The Morgan fingerprint density at radius 2 is 1.96 bits per heavy atom. The smallest absolute Gasteiger partial charge is 0.156 e. The van der Waals surface area contributed by atoms with Crippen LogP contribution in [-0.4, -0.2) is 22.1 Å². The fourth-order valence-corrected chi connectivity index (χ4v) is 3.53. The van der Waals surface area contributed by atoms with Crippen LogP contribution in [0.15, 0.2) is 36.7 Å². The molecule has 0 unspecified atom stereocenters. The summed E-state index contributed by atoms with van der Waals surface area (Å²) in [6.45, 7) is 6.41. The monoisotopic (exact) mass is 405 g/mol. The molecule has 4 nitrogen and oxygen atoms in total. The fraction of sp³-hybridized carbons (Fsp3) is 0.333. The summed E-state index contributed by atoms with van der Waals surface area (Å²) < 4.78 is 33.6. The van der Waals surface area contributed by atoms with Crippen LogP contribution in [0.2, 0.25) is 5.02 Å². The highest BCUT2D eigenvalue weighted by Crippen LogP contribution is 2.33. The standard InChI is InChI=1S/C21H22ClF2N3O/c1-12(2)9-21(3,25)11-28-19-10-27-17(8-15(19)22)14-4-5-26-18-7-13(23)6-16(24)20(14)18/h4-8,10,12H,9,11,25H2,1-3H3/t21-/m0/s1. The van der Waals surface area contributed by atoms with E-state index in [2.05, 4.69) is 23.8 Å². The van der Waals surface area contributed by atoms with Gasteiger partial charge in [-0.05, 0) is 31.4 Å². The van der Waals surface area contributed by atoms with E-state index in [1.807, 2.05) is 6.92 Å². The second-order valence-corrected chi connectivity index (χ2v) is 8.09.